The van der Waals surface area contributed by atoms with E-state index in [9.17, 15) is 4.79 Å². The molecule has 0 spiro atoms. The minimum absolute atomic E-state index is 0.0230. The van der Waals surface area contributed by atoms with Gasteiger partial charge in [0.15, 0.2) is 0 Å². The fourth-order valence-corrected chi connectivity index (χ4v) is 2.61. The van der Waals surface area contributed by atoms with E-state index in [2.05, 4.69) is 17.4 Å². The predicted molar refractivity (Wildman–Crippen MR) is 69.5 cm³/mol. The van der Waals surface area contributed by atoms with Crippen molar-refractivity contribution in [2.45, 2.75) is 58.9 Å². The minimum Gasteiger partial charge on any atom is -0.361 e. The van der Waals surface area contributed by atoms with Crippen LogP contribution in [0.5, 0.6) is 0 Å². The van der Waals surface area contributed by atoms with E-state index in [1.165, 1.54) is 12.8 Å². The van der Waals surface area contributed by atoms with Gasteiger partial charge >= 0.3 is 0 Å². The highest BCUT2D eigenvalue weighted by Gasteiger charge is 2.24. The van der Waals surface area contributed by atoms with Crippen molar-refractivity contribution >= 4 is 5.91 Å². The van der Waals surface area contributed by atoms with Gasteiger partial charge in [0.1, 0.15) is 11.3 Å². The van der Waals surface area contributed by atoms with Crippen molar-refractivity contribution in [3.63, 3.8) is 0 Å². The summed E-state index contributed by atoms with van der Waals surface area (Å²) >= 11 is 0. The maximum atomic E-state index is 12.2. The molecule has 0 atom stereocenters. The Bertz CT molecular complexity index is 417. The zero-order valence-corrected chi connectivity index (χ0v) is 11.5. The molecule has 1 aromatic rings. The summed E-state index contributed by atoms with van der Waals surface area (Å²) in [4.78, 5) is 12.2. The van der Waals surface area contributed by atoms with E-state index >= 15 is 0 Å². The van der Waals surface area contributed by atoms with E-state index in [1.807, 2.05) is 6.92 Å². The number of rotatable bonds is 3. The maximum absolute atomic E-state index is 12.2. The van der Waals surface area contributed by atoms with Gasteiger partial charge in [-0.15, -0.1) is 0 Å². The lowest BCUT2D eigenvalue weighted by Gasteiger charge is -2.26. The van der Waals surface area contributed by atoms with Gasteiger partial charge < -0.3 is 9.84 Å². The van der Waals surface area contributed by atoms with Crippen LogP contribution in [-0.4, -0.2) is 17.1 Å². The molecule has 1 amide bonds. The Labute approximate surface area is 108 Å². The fraction of sp³-hybridized carbons (Fsp3) is 0.714. The zero-order chi connectivity index (χ0) is 13.1. The van der Waals surface area contributed by atoms with Gasteiger partial charge in [-0.05, 0) is 44.9 Å². The topological polar surface area (TPSA) is 55.1 Å². The number of nitrogens with one attached hydrogen (secondary N) is 1. The monoisotopic (exact) mass is 250 g/mol. The Morgan fingerprint density at radius 1 is 1.39 bits per heavy atom. The summed E-state index contributed by atoms with van der Waals surface area (Å²) < 4.78 is 5.10. The molecule has 1 fully saturated rings. The Kier molecular flexibility index (Phi) is 4.04. The maximum Gasteiger partial charge on any atom is 0.257 e. The lowest BCUT2D eigenvalue weighted by molar-refractivity contribution is 0.0920. The van der Waals surface area contributed by atoms with Crippen molar-refractivity contribution < 1.29 is 9.32 Å². The van der Waals surface area contributed by atoms with E-state index < -0.39 is 0 Å². The Morgan fingerprint density at radius 2 is 2.06 bits per heavy atom. The summed E-state index contributed by atoms with van der Waals surface area (Å²) in [7, 11) is 0. The van der Waals surface area contributed by atoms with Crippen molar-refractivity contribution in [2.75, 3.05) is 0 Å². The number of nitrogens with zero attached hydrogens (tertiary/aromatic N) is 1. The minimum atomic E-state index is -0.0230. The number of carbonyl (C=O) groups is 1. The number of hydrogen-bond donors (Lipinski definition) is 1. The molecule has 0 unspecified atom stereocenters. The van der Waals surface area contributed by atoms with Crippen LogP contribution in [0.4, 0.5) is 0 Å². The number of aryl methyl sites for hydroxylation is 2. The van der Waals surface area contributed by atoms with Gasteiger partial charge in [-0.2, -0.15) is 0 Å². The van der Waals surface area contributed by atoms with Gasteiger partial charge in [-0.25, -0.2) is 0 Å². The molecular weight excluding hydrogens is 228 g/mol. The highest BCUT2D eigenvalue weighted by atomic mass is 16.5. The molecular formula is C14H22N2O2. The standard InChI is InChI=1S/C14H22N2O2/c1-4-12-13(10(3)18-16-12)14(17)15-11-7-5-9(2)6-8-11/h9,11H,4-8H2,1-3H3,(H,15,17). The van der Waals surface area contributed by atoms with E-state index in [4.69, 9.17) is 4.52 Å². The van der Waals surface area contributed by atoms with Gasteiger partial charge in [-0.1, -0.05) is 19.0 Å². The Balaban J connectivity index is 2.01. The van der Waals surface area contributed by atoms with Gasteiger partial charge in [0, 0.05) is 6.04 Å². The molecule has 0 aromatic carbocycles. The first-order valence-corrected chi connectivity index (χ1v) is 6.87. The molecule has 0 saturated heterocycles. The molecule has 1 aliphatic carbocycles. The molecule has 1 N–H and O–H groups in total. The molecule has 2 rings (SSSR count). The van der Waals surface area contributed by atoms with Crippen molar-refractivity contribution in [1.82, 2.24) is 10.5 Å². The van der Waals surface area contributed by atoms with Crippen molar-refractivity contribution in [3.8, 4) is 0 Å². The van der Waals surface area contributed by atoms with E-state index in [0.717, 1.165) is 30.9 Å². The molecule has 18 heavy (non-hydrogen) atoms. The van der Waals surface area contributed by atoms with Gasteiger partial charge in [0.2, 0.25) is 0 Å². The normalized spacial score (nSPS) is 23.9. The average Bonchev–Trinajstić information content (AvgIpc) is 2.73. The van der Waals surface area contributed by atoms with Crippen LogP contribution in [0.3, 0.4) is 0 Å². The van der Waals surface area contributed by atoms with Crippen molar-refractivity contribution in [2.24, 2.45) is 5.92 Å². The number of aromatic nitrogens is 1. The highest BCUT2D eigenvalue weighted by molar-refractivity contribution is 5.96. The smallest absolute Gasteiger partial charge is 0.257 e. The molecule has 100 valence electrons. The quantitative estimate of drug-likeness (QED) is 0.897. The van der Waals surface area contributed by atoms with Crippen LogP contribution >= 0.6 is 0 Å². The Morgan fingerprint density at radius 3 is 2.67 bits per heavy atom. The lowest BCUT2D eigenvalue weighted by atomic mass is 9.87. The predicted octanol–water partition coefficient (Wildman–Crippen LogP) is 2.85. The van der Waals surface area contributed by atoms with Crippen LogP contribution in [0.25, 0.3) is 0 Å². The second-order valence-corrected chi connectivity index (χ2v) is 5.34. The molecule has 1 aromatic heterocycles. The first kappa shape index (κ1) is 13.1. The molecule has 4 nitrogen and oxygen atoms in total. The third kappa shape index (κ3) is 2.74. The summed E-state index contributed by atoms with van der Waals surface area (Å²) in [5, 5.41) is 7.04. The van der Waals surface area contributed by atoms with Crippen LogP contribution in [0.1, 0.15) is 61.3 Å². The molecule has 0 aliphatic heterocycles. The van der Waals surface area contributed by atoms with Gasteiger partial charge in [-0.3, -0.25) is 4.79 Å². The van der Waals surface area contributed by atoms with Crippen LogP contribution in [0.2, 0.25) is 0 Å². The first-order valence-electron chi connectivity index (χ1n) is 6.87. The third-order valence-corrected chi connectivity index (χ3v) is 3.85. The van der Waals surface area contributed by atoms with Crippen LogP contribution in [-0.2, 0) is 6.42 Å². The van der Waals surface area contributed by atoms with Crippen LogP contribution in [0, 0.1) is 12.8 Å². The van der Waals surface area contributed by atoms with E-state index in [0.29, 0.717) is 17.4 Å². The number of amides is 1. The van der Waals surface area contributed by atoms with Crippen molar-refractivity contribution in [3.05, 3.63) is 17.0 Å². The molecule has 4 heteroatoms. The first-order chi connectivity index (χ1) is 8.61. The summed E-state index contributed by atoms with van der Waals surface area (Å²) in [6.07, 6.45) is 5.29. The zero-order valence-electron chi connectivity index (χ0n) is 11.5. The Hall–Kier alpha value is -1.32. The third-order valence-electron chi connectivity index (χ3n) is 3.85. The van der Waals surface area contributed by atoms with Crippen LogP contribution in [0.15, 0.2) is 4.52 Å². The molecule has 1 aliphatic rings. The highest BCUT2D eigenvalue weighted by Crippen LogP contribution is 2.24. The van der Waals surface area contributed by atoms with Gasteiger partial charge in [0.05, 0.1) is 5.69 Å². The summed E-state index contributed by atoms with van der Waals surface area (Å²) in [5.41, 5.74) is 1.39. The number of hydrogen-bond acceptors (Lipinski definition) is 3. The average molecular weight is 250 g/mol. The summed E-state index contributed by atoms with van der Waals surface area (Å²) in [6, 6.07) is 0.313. The SMILES string of the molecule is CCc1noc(C)c1C(=O)NC1CCC(C)CC1. The molecule has 1 saturated carbocycles. The van der Waals surface area contributed by atoms with E-state index in [-0.39, 0.29) is 5.91 Å². The number of carbonyl (C=O) groups excluding carboxylic acids is 1. The fourth-order valence-electron chi connectivity index (χ4n) is 2.61. The summed E-state index contributed by atoms with van der Waals surface area (Å²) in [6.45, 7) is 6.05. The van der Waals surface area contributed by atoms with Gasteiger partial charge in [0.25, 0.3) is 5.91 Å². The molecule has 1 heterocycles. The van der Waals surface area contributed by atoms with E-state index in [1.54, 1.807) is 6.92 Å². The van der Waals surface area contributed by atoms with Crippen molar-refractivity contribution in [1.29, 1.82) is 0 Å². The second kappa shape index (κ2) is 5.55. The largest absolute Gasteiger partial charge is 0.361 e. The molecule has 0 bridgehead atoms. The summed E-state index contributed by atoms with van der Waals surface area (Å²) in [5.74, 6) is 1.39. The second-order valence-electron chi connectivity index (χ2n) is 5.34. The molecule has 0 radical (unpaired) electrons. The lowest BCUT2D eigenvalue weighted by Crippen LogP contribution is -2.37. The van der Waals surface area contributed by atoms with Crippen LogP contribution < -0.4 is 5.32 Å².